The normalized spacial score (nSPS) is 13.6. The van der Waals surface area contributed by atoms with Crippen LogP contribution in [0, 0.1) is 0 Å². The number of carbonyl (C=O) groups is 1. The van der Waals surface area contributed by atoms with Gasteiger partial charge in [0.05, 0.1) is 6.61 Å². The average molecular weight is 344 g/mol. The van der Waals surface area contributed by atoms with Gasteiger partial charge in [0.2, 0.25) is 13.6 Å². The molecule has 0 N–H and O–H groups in total. The van der Waals surface area contributed by atoms with Gasteiger partial charge in [-0.2, -0.15) is 0 Å². The maximum atomic E-state index is 11.9. The fourth-order valence-corrected chi connectivity index (χ4v) is 2.50. The Morgan fingerprint density at radius 2 is 1.44 bits per heavy atom. The highest BCUT2D eigenvalue weighted by Gasteiger charge is 2.16. The lowest BCUT2D eigenvalue weighted by Crippen LogP contribution is -2.09. The van der Waals surface area contributed by atoms with Gasteiger partial charge in [-0.15, -0.1) is 0 Å². The lowest BCUT2D eigenvalue weighted by molar-refractivity contribution is -0.134. The molecule has 0 amide bonds. The van der Waals surface area contributed by atoms with Crippen molar-refractivity contribution in [1.29, 1.82) is 0 Å². The van der Waals surface area contributed by atoms with E-state index in [1.165, 1.54) is 0 Å². The van der Waals surface area contributed by atoms with Crippen LogP contribution in [0.15, 0.2) is 36.4 Å². The number of benzene rings is 2. The molecular weight excluding hydrogens is 328 g/mol. The van der Waals surface area contributed by atoms with Gasteiger partial charge in [-0.3, -0.25) is 4.79 Å². The molecule has 2 heterocycles. The summed E-state index contributed by atoms with van der Waals surface area (Å²) >= 11 is 0. The Labute approximate surface area is 144 Å². The molecule has 0 saturated carbocycles. The van der Waals surface area contributed by atoms with Crippen LogP contribution >= 0.6 is 0 Å². The fraction of sp³-hybridized carbons (Fsp3) is 0.278. The number of ether oxygens (including phenoxy) is 6. The van der Waals surface area contributed by atoms with Crippen molar-refractivity contribution in [3.8, 4) is 34.5 Å². The predicted molar refractivity (Wildman–Crippen MR) is 85.5 cm³/mol. The summed E-state index contributed by atoms with van der Waals surface area (Å²) in [5, 5.41) is 0. The molecule has 2 aliphatic rings. The second kappa shape index (κ2) is 6.80. The van der Waals surface area contributed by atoms with Crippen LogP contribution in [0.3, 0.4) is 0 Å². The van der Waals surface area contributed by atoms with Gasteiger partial charge in [0, 0.05) is 18.6 Å². The van der Waals surface area contributed by atoms with E-state index in [0.29, 0.717) is 47.5 Å². The van der Waals surface area contributed by atoms with E-state index in [1.807, 2.05) is 0 Å². The molecule has 0 atom stereocenters. The van der Waals surface area contributed by atoms with E-state index in [4.69, 9.17) is 28.4 Å². The van der Waals surface area contributed by atoms with E-state index >= 15 is 0 Å². The van der Waals surface area contributed by atoms with E-state index in [1.54, 1.807) is 36.4 Å². The Morgan fingerprint density at radius 1 is 0.840 bits per heavy atom. The maximum Gasteiger partial charge on any atom is 0.311 e. The molecule has 0 radical (unpaired) electrons. The molecule has 0 unspecified atom stereocenters. The Kier molecular flexibility index (Phi) is 4.20. The summed E-state index contributed by atoms with van der Waals surface area (Å²) in [7, 11) is 0. The second-order valence-corrected chi connectivity index (χ2v) is 5.46. The third-order valence-electron chi connectivity index (χ3n) is 3.71. The van der Waals surface area contributed by atoms with Crippen molar-refractivity contribution < 1.29 is 33.2 Å². The third-order valence-corrected chi connectivity index (χ3v) is 3.71. The number of carbonyl (C=O) groups excluding carboxylic acids is 1. The van der Waals surface area contributed by atoms with Gasteiger partial charge >= 0.3 is 5.97 Å². The summed E-state index contributed by atoms with van der Waals surface area (Å²) in [6.07, 6.45) is 0.789. The number of fused-ring (bicyclic) bond motifs is 2. The first kappa shape index (κ1) is 15.4. The number of rotatable bonds is 6. The van der Waals surface area contributed by atoms with Crippen LogP contribution in [-0.4, -0.2) is 26.2 Å². The number of hydrogen-bond acceptors (Lipinski definition) is 7. The Hall–Kier alpha value is -3.09. The summed E-state index contributed by atoms with van der Waals surface area (Å²) in [4.78, 5) is 11.9. The second-order valence-electron chi connectivity index (χ2n) is 5.46. The highest BCUT2D eigenvalue weighted by molar-refractivity contribution is 5.72. The van der Waals surface area contributed by atoms with Gasteiger partial charge in [-0.25, -0.2) is 0 Å². The van der Waals surface area contributed by atoms with Crippen LogP contribution < -0.4 is 28.4 Å². The van der Waals surface area contributed by atoms with E-state index < -0.39 is 0 Å². The smallest absolute Gasteiger partial charge is 0.311 e. The van der Waals surface area contributed by atoms with Crippen LogP contribution in [-0.2, 0) is 4.79 Å². The van der Waals surface area contributed by atoms with Crippen LogP contribution in [0.1, 0.15) is 12.8 Å². The minimum Gasteiger partial charge on any atom is -0.493 e. The number of hydrogen-bond donors (Lipinski definition) is 0. The van der Waals surface area contributed by atoms with Gasteiger partial charge in [0.15, 0.2) is 23.0 Å². The van der Waals surface area contributed by atoms with E-state index in [-0.39, 0.29) is 26.0 Å². The molecule has 25 heavy (non-hydrogen) atoms. The molecule has 130 valence electrons. The van der Waals surface area contributed by atoms with Gasteiger partial charge in [0.25, 0.3) is 0 Å². The Bertz CT molecular complexity index is 787. The van der Waals surface area contributed by atoms with Crippen molar-refractivity contribution in [3.63, 3.8) is 0 Å². The summed E-state index contributed by atoms with van der Waals surface area (Å²) in [6, 6.07) is 10.4. The lowest BCUT2D eigenvalue weighted by Gasteiger charge is -2.07. The SMILES string of the molecule is O=C(CCCOc1ccc2c(c1)OCO2)Oc1ccc2c(c1)OCO2. The Balaban J connectivity index is 1.21. The van der Waals surface area contributed by atoms with Crippen molar-refractivity contribution in [1.82, 2.24) is 0 Å². The molecule has 0 aliphatic carbocycles. The first-order chi connectivity index (χ1) is 12.3. The predicted octanol–water partition coefficient (Wildman–Crippen LogP) is 2.91. The van der Waals surface area contributed by atoms with Crippen molar-refractivity contribution in [2.45, 2.75) is 12.8 Å². The zero-order valence-corrected chi connectivity index (χ0v) is 13.4. The molecule has 0 bridgehead atoms. The molecular formula is C18H16O7. The zero-order valence-electron chi connectivity index (χ0n) is 13.4. The number of esters is 1. The quantitative estimate of drug-likeness (QED) is 0.453. The maximum absolute atomic E-state index is 11.9. The average Bonchev–Trinajstić information content (AvgIpc) is 3.26. The largest absolute Gasteiger partial charge is 0.493 e. The topological polar surface area (TPSA) is 72.5 Å². The van der Waals surface area contributed by atoms with Gasteiger partial charge in [0.1, 0.15) is 11.5 Å². The Morgan fingerprint density at radius 3 is 2.16 bits per heavy atom. The summed E-state index contributed by atoms with van der Waals surface area (Å²) in [5.41, 5.74) is 0. The van der Waals surface area contributed by atoms with E-state index in [0.717, 1.165) is 0 Å². The van der Waals surface area contributed by atoms with Crippen molar-refractivity contribution in [2.75, 3.05) is 20.2 Å². The molecule has 0 aromatic heterocycles. The van der Waals surface area contributed by atoms with Crippen molar-refractivity contribution in [3.05, 3.63) is 36.4 Å². The third kappa shape index (κ3) is 3.55. The van der Waals surface area contributed by atoms with Crippen LogP contribution in [0.4, 0.5) is 0 Å². The first-order valence-electron chi connectivity index (χ1n) is 7.91. The molecule has 0 spiro atoms. The molecule has 2 aromatic rings. The van der Waals surface area contributed by atoms with E-state index in [2.05, 4.69) is 0 Å². The highest BCUT2D eigenvalue weighted by Crippen LogP contribution is 2.36. The minimum atomic E-state index is -0.326. The highest BCUT2D eigenvalue weighted by atomic mass is 16.7. The van der Waals surface area contributed by atoms with Crippen LogP contribution in [0.25, 0.3) is 0 Å². The summed E-state index contributed by atoms with van der Waals surface area (Å²) < 4.78 is 31.9. The zero-order chi connectivity index (χ0) is 17.1. The van der Waals surface area contributed by atoms with Gasteiger partial charge in [-0.1, -0.05) is 0 Å². The van der Waals surface area contributed by atoms with Crippen LogP contribution in [0.2, 0.25) is 0 Å². The standard InChI is InChI=1S/C18H16O7/c19-18(25-13-4-6-15-17(9-13)24-11-22-15)2-1-7-20-12-3-5-14-16(8-12)23-10-21-14/h3-6,8-9H,1-2,7,10-11H2. The van der Waals surface area contributed by atoms with Gasteiger partial charge < -0.3 is 28.4 Å². The van der Waals surface area contributed by atoms with Crippen molar-refractivity contribution in [2.24, 2.45) is 0 Å². The molecule has 7 nitrogen and oxygen atoms in total. The van der Waals surface area contributed by atoms with Crippen LogP contribution in [0.5, 0.6) is 34.5 Å². The first-order valence-corrected chi connectivity index (χ1v) is 7.91. The molecule has 2 aromatic carbocycles. The summed E-state index contributed by atoms with van der Waals surface area (Å²) in [5.74, 6) is 3.39. The summed E-state index contributed by atoms with van der Waals surface area (Å²) in [6.45, 7) is 0.810. The molecule has 0 saturated heterocycles. The van der Waals surface area contributed by atoms with E-state index in [9.17, 15) is 4.79 Å². The molecule has 4 rings (SSSR count). The van der Waals surface area contributed by atoms with Gasteiger partial charge in [-0.05, 0) is 30.7 Å². The lowest BCUT2D eigenvalue weighted by atomic mass is 10.3. The fourth-order valence-electron chi connectivity index (χ4n) is 2.50. The minimum absolute atomic E-state index is 0.184. The molecule has 0 fully saturated rings. The molecule has 2 aliphatic heterocycles. The van der Waals surface area contributed by atoms with Crippen molar-refractivity contribution >= 4 is 5.97 Å². The monoisotopic (exact) mass is 344 g/mol. The molecule has 7 heteroatoms.